The standard InChI is InChI=1S/C13H18N2S/c1-11(7-8-16-2)15-10-13-5-3-12(9-14)4-6-13/h3-6,11,15H,7-8,10H2,1-2H3. The normalized spacial score (nSPS) is 12.1. The second-order valence-corrected chi connectivity index (χ2v) is 4.86. The van der Waals surface area contributed by atoms with Crippen LogP contribution in [0.3, 0.4) is 0 Å². The number of thioether (sulfide) groups is 1. The fourth-order valence-electron chi connectivity index (χ4n) is 1.39. The molecule has 3 heteroatoms. The number of benzene rings is 1. The summed E-state index contributed by atoms with van der Waals surface area (Å²) in [6.45, 7) is 3.08. The van der Waals surface area contributed by atoms with Gasteiger partial charge in [-0.3, -0.25) is 0 Å². The highest BCUT2D eigenvalue weighted by Crippen LogP contribution is 2.05. The van der Waals surface area contributed by atoms with Crippen LogP contribution in [0.4, 0.5) is 0 Å². The molecule has 1 aromatic rings. The molecule has 0 fully saturated rings. The minimum absolute atomic E-state index is 0.545. The molecule has 0 saturated carbocycles. The van der Waals surface area contributed by atoms with E-state index in [0.717, 1.165) is 12.1 Å². The van der Waals surface area contributed by atoms with Gasteiger partial charge in [-0.15, -0.1) is 0 Å². The Balaban J connectivity index is 2.34. The zero-order chi connectivity index (χ0) is 11.8. The molecule has 0 saturated heterocycles. The van der Waals surface area contributed by atoms with E-state index < -0.39 is 0 Å². The van der Waals surface area contributed by atoms with Gasteiger partial charge in [-0.1, -0.05) is 12.1 Å². The summed E-state index contributed by atoms with van der Waals surface area (Å²) < 4.78 is 0. The van der Waals surface area contributed by atoms with Crippen LogP contribution in [0.5, 0.6) is 0 Å². The third-order valence-corrected chi connectivity index (χ3v) is 3.14. The van der Waals surface area contributed by atoms with Gasteiger partial charge in [-0.05, 0) is 43.0 Å². The van der Waals surface area contributed by atoms with Gasteiger partial charge in [0, 0.05) is 12.6 Å². The van der Waals surface area contributed by atoms with Gasteiger partial charge in [-0.2, -0.15) is 17.0 Å². The Labute approximate surface area is 102 Å². The van der Waals surface area contributed by atoms with E-state index in [1.54, 1.807) is 0 Å². The maximum atomic E-state index is 8.68. The summed E-state index contributed by atoms with van der Waals surface area (Å²) in [6.07, 6.45) is 3.32. The van der Waals surface area contributed by atoms with Crippen molar-refractivity contribution in [1.82, 2.24) is 5.32 Å². The number of rotatable bonds is 6. The second-order valence-electron chi connectivity index (χ2n) is 3.87. The van der Waals surface area contributed by atoms with E-state index in [1.165, 1.54) is 17.7 Å². The number of nitrogens with one attached hydrogen (secondary N) is 1. The van der Waals surface area contributed by atoms with Crippen LogP contribution in [0.15, 0.2) is 24.3 Å². The Kier molecular flexibility index (Phi) is 5.99. The predicted octanol–water partition coefficient (Wildman–Crippen LogP) is 2.79. The van der Waals surface area contributed by atoms with Crippen molar-refractivity contribution in [2.75, 3.05) is 12.0 Å². The third-order valence-electron chi connectivity index (χ3n) is 2.49. The van der Waals surface area contributed by atoms with Crippen molar-refractivity contribution in [2.24, 2.45) is 0 Å². The van der Waals surface area contributed by atoms with Crippen molar-refractivity contribution in [1.29, 1.82) is 5.26 Å². The van der Waals surface area contributed by atoms with E-state index in [-0.39, 0.29) is 0 Å². The molecule has 0 heterocycles. The van der Waals surface area contributed by atoms with Crippen LogP contribution < -0.4 is 5.32 Å². The van der Waals surface area contributed by atoms with Crippen molar-refractivity contribution in [3.63, 3.8) is 0 Å². The maximum absolute atomic E-state index is 8.68. The molecular formula is C13H18N2S. The van der Waals surface area contributed by atoms with E-state index in [0.29, 0.717) is 6.04 Å². The van der Waals surface area contributed by atoms with Gasteiger partial charge >= 0.3 is 0 Å². The van der Waals surface area contributed by atoms with E-state index in [4.69, 9.17) is 5.26 Å². The second kappa shape index (κ2) is 7.32. The highest BCUT2D eigenvalue weighted by molar-refractivity contribution is 7.98. The highest BCUT2D eigenvalue weighted by Gasteiger charge is 2.00. The largest absolute Gasteiger partial charge is 0.310 e. The van der Waals surface area contributed by atoms with Crippen LogP contribution in [0.1, 0.15) is 24.5 Å². The van der Waals surface area contributed by atoms with Crippen molar-refractivity contribution in [2.45, 2.75) is 25.9 Å². The molecule has 0 aliphatic rings. The Hall–Kier alpha value is -0.980. The van der Waals surface area contributed by atoms with Crippen LogP contribution in [-0.4, -0.2) is 18.1 Å². The first-order valence-electron chi connectivity index (χ1n) is 5.47. The fourth-order valence-corrected chi connectivity index (χ4v) is 1.98. The van der Waals surface area contributed by atoms with Gasteiger partial charge in [-0.25, -0.2) is 0 Å². The minimum atomic E-state index is 0.545. The van der Waals surface area contributed by atoms with E-state index >= 15 is 0 Å². The molecule has 0 aliphatic carbocycles. The van der Waals surface area contributed by atoms with Gasteiger partial charge in [0.15, 0.2) is 0 Å². The van der Waals surface area contributed by atoms with Crippen molar-refractivity contribution in [3.05, 3.63) is 35.4 Å². The van der Waals surface area contributed by atoms with Gasteiger partial charge in [0.25, 0.3) is 0 Å². The maximum Gasteiger partial charge on any atom is 0.0991 e. The number of nitrogens with zero attached hydrogens (tertiary/aromatic N) is 1. The van der Waals surface area contributed by atoms with E-state index in [1.807, 2.05) is 36.0 Å². The lowest BCUT2D eigenvalue weighted by molar-refractivity contribution is 0.537. The first kappa shape index (κ1) is 13.1. The Bertz CT molecular complexity index is 340. The Morgan fingerprint density at radius 1 is 1.38 bits per heavy atom. The molecule has 1 rings (SSSR count). The Morgan fingerprint density at radius 3 is 2.62 bits per heavy atom. The molecule has 0 aromatic heterocycles. The summed E-state index contributed by atoms with van der Waals surface area (Å²) in [4.78, 5) is 0. The zero-order valence-corrected chi connectivity index (χ0v) is 10.7. The average Bonchev–Trinajstić information content (AvgIpc) is 2.34. The summed E-state index contributed by atoms with van der Waals surface area (Å²) in [6, 6.07) is 10.4. The summed E-state index contributed by atoms with van der Waals surface area (Å²) in [5, 5.41) is 12.2. The van der Waals surface area contributed by atoms with Crippen molar-refractivity contribution in [3.8, 4) is 6.07 Å². The molecule has 0 radical (unpaired) electrons. The molecule has 0 spiro atoms. The molecule has 2 nitrogen and oxygen atoms in total. The molecule has 1 atom stereocenters. The molecular weight excluding hydrogens is 216 g/mol. The fraction of sp³-hybridized carbons (Fsp3) is 0.462. The molecule has 16 heavy (non-hydrogen) atoms. The molecule has 1 unspecified atom stereocenters. The van der Waals surface area contributed by atoms with Crippen LogP contribution >= 0.6 is 11.8 Å². The SMILES string of the molecule is CSCCC(C)NCc1ccc(C#N)cc1. The molecule has 0 aliphatic heterocycles. The van der Waals surface area contributed by atoms with Crippen LogP contribution in [0.2, 0.25) is 0 Å². The van der Waals surface area contributed by atoms with Gasteiger partial charge in [0.2, 0.25) is 0 Å². The first-order valence-corrected chi connectivity index (χ1v) is 6.87. The van der Waals surface area contributed by atoms with Gasteiger partial charge < -0.3 is 5.32 Å². The average molecular weight is 234 g/mol. The number of nitriles is 1. The highest BCUT2D eigenvalue weighted by atomic mass is 32.2. The number of hydrogen-bond donors (Lipinski definition) is 1. The predicted molar refractivity (Wildman–Crippen MR) is 70.5 cm³/mol. The van der Waals surface area contributed by atoms with E-state index in [2.05, 4.69) is 24.6 Å². The van der Waals surface area contributed by atoms with Crippen molar-refractivity contribution < 1.29 is 0 Å². The zero-order valence-electron chi connectivity index (χ0n) is 9.86. The van der Waals surface area contributed by atoms with Crippen molar-refractivity contribution >= 4 is 11.8 Å². The summed E-state index contributed by atoms with van der Waals surface area (Å²) >= 11 is 1.88. The molecule has 1 N–H and O–H groups in total. The smallest absolute Gasteiger partial charge is 0.0991 e. The lowest BCUT2D eigenvalue weighted by Gasteiger charge is -2.12. The molecule has 0 amide bonds. The monoisotopic (exact) mass is 234 g/mol. The molecule has 1 aromatic carbocycles. The summed E-state index contributed by atoms with van der Waals surface area (Å²) in [7, 11) is 0. The van der Waals surface area contributed by atoms with Gasteiger partial charge in [0.05, 0.1) is 11.6 Å². The van der Waals surface area contributed by atoms with Crippen LogP contribution in [0.25, 0.3) is 0 Å². The third kappa shape index (κ3) is 4.69. The van der Waals surface area contributed by atoms with Crippen LogP contribution in [0, 0.1) is 11.3 Å². The first-order chi connectivity index (χ1) is 7.76. The summed E-state index contributed by atoms with van der Waals surface area (Å²) in [5.74, 6) is 1.20. The topological polar surface area (TPSA) is 35.8 Å². The lowest BCUT2D eigenvalue weighted by atomic mass is 10.1. The van der Waals surface area contributed by atoms with Crippen LogP contribution in [-0.2, 0) is 6.54 Å². The quantitative estimate of drug-likeness (QED) is 0.822. The van der Waals surface area contributed by atoms with Gasteiger partial charge in [0.1, 0.15) is 0 Å². The minimum Gasteiger partial charge on any atom is -0.310 e. The van der Waals surface area contributed by atoms with E-state index in [9.17, 15) is 0 Å². The molecule has 86 valence electrons. The molecule has 0 bridgehead atoms. The number of hydrogen-bond acceptors (Lipinski definition) is 3. The summed E-state index contributed by atoms with van der Waals surface area (Å²) in [5.41, 5.74) is 1.95. The Morgan fingerprint density at radius 2 is 2.06 bits per heavy atom. The lowest BCUT2D eigenvalue weighted by Crippen LogP contribution is -2.25.